The summed E-state index contributed by atoms with van der Waals surface area (Å²) in [5, 5.41) is 4.31. The Balaban J connectivity index is 2.08. The molecule has 0 aliphatic rings. The maximum Gasteiger partial charge on any atom is 0.126 e. The molecule has 0 bridgehead atoms. The van der Waals surface area contributed by atoms with Gasteiger partial charge in [-0.15, -0.1) is 11.3 Å². The molecule has 0 fully saturated rings. The highest BCUT2D eigenvalue weighted by Crippen LogP contribution is 2.24. The Kier molecular flexibility index (Phi) is 4.83. The van der Waals surface area contributed by atoms with Gasteiger partial charge in [0, 0.05) is 23.2 Å². The van der Waals surface area contributed by atoms with Crippen LogP contribution in [-0.2, 0) is 6.42 Å². The first kappa shape index (κ1) is 15.1. The van der Waals surface area contributed by atoms with Crippen molar-refractivity contribution in [2.24, 2.45) is 0 Å². The SMILES string of the molecule is CCc1cnc(C(C)NC(C)c2cc(F)cc(F)c2)s1. The van der Waals surface area contributed by atoms with Crippen molar-refractivity contribution < 1.29 is 8.78 Å². The van der Waals surface area contributed by atoms with Crippen LogP contribution < -0.4 is 5.32 Å². The van der Waals surface area contributed by atoms with E-state index in [-0.39, 0.29) is 12.1 Å². The van der Waals surface area contributed by atoms with Gasteiger partial charge in [0.25, 0.3) is 0 Å². The fourth-order valence-corrected chi connectivity index (χ4v) is 2.92. The lowest BCUT2D eigenvalue weighted by Gasteiger charge is -2.19. The summed E-state index contributed by atoms with van der Waals surface area (Å²) < 4.78 is 26.4. The number of thiazole rings is 1. The molecule has 1 heterocycles. The molecular weight excluding hydrogens is 278 g/mol. The summed E-state index contributed by atoms with van der Waals surface area (Å²) in [5.74, 6) is -1.10. The first-order chi connectivity index (χ1) is 9.49. The molecule has 1 aromatic heterocycles. The van der Waals surface area contributed by atoms with Crippen molar-refractivity contribution in [3.63, 3.8) is 0 Å². The van der Waals surface area contributed by atoms with Crippen LogP contribution in [0.1, 0.15) is 48.3 Å². The zero-order chi connectivity index (χ0) is 14.7. The molecule has 0 saturated heterocycles. The lowest BCUT2D eigenvalue weighted by molar-refractivity contribution is 0.486. The normalized spacial score (nSPS) is 14.2. The molecule has 0 amide bonds. The van der Waals surface area contributed by atoms with Crippen molar-refractivity contribution in [2.75, 3.05) is 0 Å². The highest BCUT2D eigenvalue weighted by molar-refractivity contribution is 7.11. The topological polar surface area (TPSA) is 24.9 Å². The third-order valence-electron chi connectivity index (χ3n) is 3.18. The minimum Gasteiger partial charge on any atom is -0.302 e. The van der Waals surface area contributed by atoms with Crippen LogP contribution in [0, 0.1) is 11.6 Å². The molecule has 2 aromatic rings. The Hall–Kier alpha value is -1.33. The van der Waals surface area contributed by atoms with E-state index >= 15 is 0 Å². The van der Waals surface area contributed by atoms with Gasteiger partial charge in [-0.1, -0.05) is 6.92 Å². The maximum atomic E-state index is 13.2. The molecule has 0 aliphatic carbocycles. The highest BCUT2D eigenvalue weighted by atomic mass is 32.1. The lowest BCUT2D eigenvalue weighted by atomic mass is 10.1. The summed E-state index contributed by atoms with van der Waals surface area (Å²) >= 11 is 1.66. The minimum atomic E-state index is -0.552. The standard InChI is InChI=1S/C15H18F2N2S/c1-4-14-8-18-15(20-14)10(3)19-9(2)11-5-12(16)7-13(17)6-11/h5-10,19H,4H2,1-3H3. The van der Waals surface area contributed by atoms with Gasteiger partial charge in [0.1, 0.15) is 16.6 Å². The smallest absolute Gasteiger partial charge is 0.126 e. The average Bonchev–Trinajstić information content (AvgIpc) is 2.86. The van der Waals surface area contributed by atoms with E-state index in [2.05, 4.69) is 17.2 Å². The third-order valence-corrected chi connectivity index (χ3v) is 4.50. The minimum absolute atomic E-state index is 0.0432. The number of aromatic nitrogens is 1. The van der Waals surface area contributed by atoms with Crippen LogP contribution in [0.4, 0.5) is 8.78 Å². The maximum absolute atomic E-state index is 13.2. The number of aryl methyl sites for hydroxylation is 1. The molecule has 2 atom stereocenters. The molecule has 2 unspecified atom stereocenters. The van der Waals surface area contributed by atoms with E-state index in [9.17, 15) is 8.78 Å². The van der Waals surface area contributed by atoms with Crippen LogP contribution in [0.5, 0.6) is 0 Å². The molecule has 0 saturated carbocycles. The van der Waals surface area contributed by atoms with Gasteiger partial charge in [0.2, 0.25) is 0 Å². The van der Waals surface area contributed by atoms with Crippen molar-refractivity contribution in [3.05, 3.63) is 51.5 Å². The van der Waals surface area contributed by atoms with E-state index in [1.54, 1.807) is 11.3 Å². The van der Waals surface area contributed by atoms with Crippen LogP contribution in [0.3, 0.4) is 0 Å². The molecule has 5 heteroatoms. The van der Waals surface area contributed by atoms with E-state index < -0.39 is 11.6 Å². The van der Waals surface area contributed by atoms with Crippen LogP contribution in [-0.4, -0.2) is 4.98 Å². The molecule has 1 aromatic carbocycles. The quantitative estimate of drug-likeness (QED) is 0.885. The summed E-state index contributed by atoms with van der Waals surface area (Å²) in [7, 11) is 0. The van der Waals surface area contributed by atoms with Crippen molar-refractivity contribution in [2.45, 2.75) is 39.3 Å². The van der Waals surface area contributed by atoms with Gasteiger partial charge in [0.05, 0.1) is 6.04 Å². The molecule has 2 nitrogen and oxygen atoms in total. The Morgan fingerprint density at radius 3 is 2.35 bits per heavy atom. The first-order valence-corrected chi connectivity index (χ1v) is 7.48. The molecule has 0 aliphatic heterocycles. The molecule has 1 N–H and O–H groups in total. The van der Waals surface area contributed by atoms with Crippen molar-refractivity contribution >= 4 is 11.3 Å². The molecule has 20 heavy (non-hydrogen) atoms. The van der Waals surface area contributed by atoms with Gasteiger partial charge in [-0.05, 0) is 38.0 Å². The predicted octanol–water partition coefficient (Wildman–Crippen LogP) is 4.40. The van der Waals surface area contributed by atoms with E-state index in [4.69, 9.17) is 0 Å². The largest absolute Gasteiger partial charge is 0.302 e. The van der Waals surface area contributed by atoms with E-state index in [0.29, 0.717) is 5.56 Å². The summed E-state index contributed by atoms with van der Waals surface area (Å²) in [6.07, 6.45) is 2.85. The summed E-state index contributed by atoms with van der Waals surface area (Å²) in [5.41, 5.74) is 0.599. The van der Waals surface area contributed by atoms with Crippen LogP contribution in [0.15, 0.2) is 24.4 Å². The van der Waals surface area contributed by atoms with Gasteiger partial charge < -0.3 is 5.32 Å². The fourth-order valence-electron chi connectivity index (χ4n) is 2.05. The second kappa shape index (κ2) is 6.41. The number of nitrogens with one attached hydrogen (secondary N) is 1. The number of benzene rings is 1. The zero-order valence-corrected chi connectivity index (χ0v) is 12.6. The average molecular weight is 296 g/mol. The van der Waals surface area contributed by atoms with Gasteiger partial charge in [-0.25, -0.2) is 13.8 Å². The Morgan fingerprint density at radius 1 is 1.15 bits per heavy atom. The lowest BCUT2D eigenvalue weighted by Crippen LogP contribution is -2.22. The van der Waals surface area contributed by atoms with Crippen molar-refractivity contribution in [1.29, 1.82) is 0 Å². The fraction of sp³-hybridized carbons (Fsp3) is 0.400. The number of hydrogen-bond acceptors (Lipinski definition) is 3. The first-order valence-electron chi connectivity index (χ1n) is 6.66. The summed E-state index contributed by atoms with van der Waals surface area (Å²) in [6, 6.07) is 3.49. The molecule has 2 rings (SSSR count). The Bertz CT molecular complexity index is 563. The Labute approximate surface area is 121 Å². The number of halogens is 2. The van der Waals surface area contributed by atoms with E-state index in [0.717, 1.165) is 17.5 Å². The van der Waals surface area contributed by atoms with Crippen molar-refractivity contribution in [1.82, 2.24) is 10.3 Å². The summed E-state index contributed by atoms with van der Waals surface area (Å²) in [6.45, 7) is 5.98. The van der Waals surface area contributed by atoms with Crippen LogP contribution >= 0.6 is 11.3 Å². The van der Waals surface area contributed by atoms with Gasteiger partial charge in [-0.2, -0.15) is 0 Å². The van der Waals surface area contributed by atoms with E-state index in [1.165, 1.54) is 17.0 Å². The third kappa shape index (κ3) is 3.61. The van der Waals surface area contributed by atoms with Crippen molar-refractivity contribution in [3.8, 4) is 0 Å². The molecule has 108 valence electrons. The molecular formula is C15H18F2N2S. The van der Waals surface area contributed by atoms with Gasteiger partial charge >= 0.3 is 0 Å². The van der Waals surface area contributed by atoms with Gasteiger partial charge in [-0.3, -0.25) is 0 Å². The van der Waals surface area contributed by atoms with Crippen LogP contribution in [0.2, 0.25) is 0 Å². The monoisotopic (exact) mass is 296 g/mol. The van der Waals surface area contributed by atoms with Crippen LogP contribution in [0.25, 0.3) is 0 Å². The predicted molar refractivity (Wildman–Crippen MR) is 77.8 cm³/mol. The number of rotatable bonds is 5. The zero-order valence-electron chi connectivity index (χ0n) is 11.8. The number of hydrogen-bond donors (Lipinski definition) is 1. The number of nitrogens with zero attached hydrogens (tertiary/aromatic N) is 1. The molecule has 0 radical (unpaired) electrons. The summed E-state index contributed by atoms with van der Waals surface area (Å²) in [4.78, 5) is 5.61. The molecule has 0 spiro atoms. The Morgan fingerprint density at radius 2 is 1.80 bits per heavy atom. The second-order valence-electron chi connectivity index (χ2n) is 4.83. The second-order valence-corrected chi connectivity index (χ2v) is 5.98. The highest BCUT2D eigenvalue weighted by Gasteiger charge is 2.15. The van der Waals surface area contributed by atoms with Gasteiger partial charge in [0.15, 0.2) is 0 Å². The van der Waals surface area contributed by atoms with E-state index in [1.807, 2.05) is 20.0 Å².